The quantitative estimate of drug-likeness (QED) is 0.802. The van der Waals surface area contributed by atoms with Gasteiger partial charge >= 0.3 is 5.69 Å². The van der Waals surface area contributed by atoms with E-state index in [1.807, 2.05) is 20.2 Å². The molecule has 0 saturated carbocycles. The highest BCUT2D eigenvalue weighted by Gasteiger charge is 2.15. The molecule has 1 N–H and O–H groups in total. The van der Waals surface area contributed by atoms with Crippen molar-refractivity contribution >= 4 is 22.4 Å². The number of rotatable bonds is 3. The fraction of sp³-hybridized carbons (Fsp3) is 0.267. The van der Waals surface area contributed by atoms with Gasteiger partial charge in [-0.05, 0) is 36.2 Å². The molecule has 0 amide bonds. The molecule has 4 nitrogen and oxygen atoms in total. The lowest BCUT2D eigenvalue weighted by Gasteiger charge is -2.15. The summed E-state index contributed by atoms with van der Waals surface area (Å²) in [6.45, 7) is 0. The largest absolute Gasteiger partial charge is 0.328 e. The molecule has 2 heterocycles. The van der Waals surface area contributed by atoms with Gasteiger partial charge in [-0.15, -0.1) is 11.3 Å². The van der Waals surface area contributed by atoms with Crippen molar-refractivity contribution in [3.05, 3.63) is 56.6 Å². The first-order chi connectivity index (χ1) is 9.63. The van der Waals surface area contributed by atoms with Crippen molar-refractivity contribution in [2.24, 2.45) is 14.1 Å². The van der Waals surface area contributed by atoms with Crippen molar-refractivity contribution in [3.8, 4) is 0 Å². The molecule has 5 heteroatoms. The van der Waals surface area contributed by atoms with Crippen LogP contribution in [0.3, 0.4) is 0 Å². The van der Waals surface area contributed by atoms with Gasteiger partial charge in [-0.1, -0.05) is 12.1 Å². The maximum atomic E-state index is 12.0. The summed E-state index contributed by atoms with van der Waals surface area (Å²) >= 11 is 1.73. The number of fused-ring (bicyclic) bond motifs is 1. The fourth-order valence-corrected chi connectivity index (χ4v) is 3.49. The van der Waals surface area contributed by atoms with Crippen molar-refractivity contribution in [3.63, 3.8) is 0 Å². The Bertz CT molecular complexity index is 798. The number of hydrogen-bond acceptors (Lipinski definition) is 3. The summed E-state index contributed by atoms with van der Waals surface area (Å²) in [6.07, 6.45) is 0. The monoisotopic (exact) mass is 287 g/mol. The lowest BCUT2D eigenvalue weighted by Crippen LogP contribution is -2.19. The van der Waals surface area contributed by atoms with Crippen LogP contribution in [0.15, 0.2) is 40.5 Å². The van der Waals surface area contributed by atoms with Gasteiger partial charge in [-0.2, -0.15) is 0 Å². The summed E-state index contributed by atoms with van der Waals surface area (Å²) in [7, 11) is 5.58. The predicted octanol–water partition coefficient (Wildman–Crippen LogP) is 2.25. The molecule has 3 rings (SSSR count). The molecule has 0 fully saturated rings. The van der Waals surface area contributed by atoms with E-state index in [1.165, 1.54) is 10.4 Å². The van der Waals surface area contributed by atoms with Crippen molar-refractivity contribution in [1.29, 1.82) is 0 Å². The highest BCUT2D eigenvalue weighted by molar-refractivity contribution is 7.10. The molecule has 0 aliphatic heterocycles. The number of benzene rings is 1. The molecule has 0 radical (unpaired) electrons. The number of nitrogens with one attached hydrogen (secondary N) is 1. The molecule has 3 aromatic rings. The van der Waals surface area contributed by atoms with E-state index in [0.717, 1.165) is 11.0 Å². The molecule has 0 saturated heterocycles. The third-order valence-electron chi connectivity index (χ3n) is 3.75. The highest BCUT2D eigenvalue weighted by atomic mass is 32.1. The van der Waals surface area contributed by atoms with E-state index in [2.05, 4.69) is 35.0 Å². The SMILES string of the molecule is CNC(c1ccc2c(c1)n(C)c(=O)n2C)c1cccs1. The molecule has 0 aliphatic carbocycles. The smallest absolute Gasteiger partial charge is 0.309 e. The average Bonchev–Trinajstić information content (AvgIpc) is 3.05. The van der Waals surface area contributed by atoms with E-state index in [9.17, 15) is 4.79 Å². The minimum absolute atomic E-state index is 0.00859. The lowest BCUT2D eigenvalue weighted by molar-refractivity contribution is 0.704. The Labute approximate surface area is 121 Å². The van der Waals surface area contributed by atoms with Crippen LogP contribution < -0.4 is 11.0 Å². The third kappa shape index (κ3) is 1.90. The zero-order valence-electron chi connectivity index (χ0n) is 11.8. The van der Waals surface area contributed by atoms with Crippen molar-refractivity contribution in [2.45, 2.75) is 6.04 Å². The van der Waals surface area contributed by atoms with Gasteiger partial charge in [0.15, 0.2) is 0 Å². The summed E-state index contributed by atoms with van der Waals surface area (Å²) in [5, 5.41) is 5.42. The number of nitrogens with zero attached hydrogens (tertiary/aromatic N) is 2. The van der Waals surface area contributed by atoms with E-state index >= 15 is 0 Å². The normalized spacial score (nSPS) is 12.9. The molecule has 1 unspecified atom stereocenters. The first-order valence-corrected chi connectivity index (χ1v) is 7.37. The summed E-state index contributed by atoms with van der Waals surface area (Å²) in [5.74, 6) is 0. The minimum atomic E-state index is 0.00859. The van der Waals surface area contributed by atoms with Crippen LogP contribution >= 0.6 is 11.3 Å². The molecular weight excluding hydrogens is 270 g/mol. The zero-order valence-corrected chi connectivity index (χ0v) is 12.6. The molecule has 0 aliphatic rings. The van der Waals surface area contributed by atoms with E-state index in [4.69, 9.17) is 0 Å². The fourth-order valence-electron chi connectivity index (χ4n) is 2.63. The van der Waals surface area contributed by atoms with Crippen LogP contribution in [0.5, 0.6) is 0 Å². The summed E-state index contributed by atoms with van der Waals surface area (Å²) in [5.41, 5.74) is 3.10. The molecule has 20 heavy (non-hydrogen) atoms. The summed E-state index contributed by atoms with van der Waals surface area (Å²) in [4.78, 5) is 13.3. The Balaban J connectivity index is 2.18. The van der Waals surface area contributed by atoms with Gasteiger partial charge in [0.05, 0.1) is 17.1 Å². The maximum absolute atomic E-state index is 12.0. The van der Waals surface area contributed by atoms with Crippen LogP contribution in [0.1, 0.15) is 16.5 Å². The van der Waals surface area contributed by atoms with Crippen molar-refractivity contribution in [2.75, 3.05) is 7.05 Å². The average molecular weight is 287 g/mol. The predicted molar refractivity (Wildman–Crippen MR) is 83.4 cm³/mol. The van der Waals surface area contributed by atoms with Gasteiger partial charge in [-0.3, -0.25) is 9.13 Å². The maximum Gasteiger partial charge on any atom is 0.328 e. The molecule has 0 bridgehead atoms. The van der Waals surface area contributed by atoms with Crippen molar-refractivity contribution in [1.82, 2.24) is 14.5 Å². The van der Waals surface area contributed by atoms with E-state index in [-0.39, 0.29) is 11.7 Å². The second kappa shape index (κ2) is 4.92. The lowest BCUT2D eigenvalue weighted by atomic mass is 10.0. The number of aryl methyl sites for hydroxylation is 2. The third-order valence-corrected chi connectivity index (χ3v) is 4.68. The Hall–Kier alpha value is -1.85. The van der Waals surface area contributed by atoms with Crippen molar-refractivity contribution < 1.29 is 0 Å². The highest BCUT2D eigenvalue weighted by Crippen LogP contribution is 2.27. The van der Waals surface area contributed by atoms with Gasteiger partial charge in [0.2, 0.25) is 0 Å². The number of aromatic nitrogens is 2. The van der Waals surface area contributed by atoms with E-state index in [0.29, 0.717) is 0 Å². The first-order valence-electron chi connectivity index (χ1n) is 6.49. The molecule has 1 atom stereocenters. The van der Waals surface area contributed by atoms with Gasteiger partial charge in [0, 0.05) is 19.0 Å². The molecule has 1 aromatic carbocycles. The molecule has 104 valence electrons. The summed E-state index contributed by atoms with van der Waals surface area (Å²) < 4.78 is 3.37. The molecule has 2 aromatic heterocycles. The summed E-state index contributed by atoms with van der Waals surface area (Å²) in [6, 6.07) is 10.5. The number of hydrogen-bond donors (Lipinski definition) is 1. The van der Waals surface area contributed by atoms with Gasteiger partial charge in [0.1, 0.15) is 0 Å². The van der Waals surface area contributed by atoms with Crippen LogP contribution in [0.25, 0.3) is 11.0 Å². The van der Waals surface area contributed by atoms with Crippen LogP contribution in [0, 0.1) is 0 Å². The van der Waals surface area contributed by atoms with Gasteiger partial charge in [0.25, 0.3) is 0 Å². The van der Waals surface area contributed by atoms with Crippen LogP contribution in [0.4, 0.5) is 0 Å². The Kier molecular flexibility index (Phi) is 3.23. The molecular formula is C15H17N3OS. The standard InChI is InChI=1S/C15H17N3OS/c1-16-14(13-5-4-8-20-13)10-6-7-11-12(9-10)18(3)15(19)17(11)2/h4-9,14,16H,1-3H3. The van der Waals surface area contributed by atoms with Crippen LogP contribution in [0.2, 0.25) is 0 Å². The number of thiophene rings is 1. The van der Waals surface area contributed by atoms with E-state index in [1.54, 1.807) is 27.5 Å². The zero-order chi connectivity index (χ0) is 14.3. The van der Waals surface area contributed by atoms with E-state index < -0.39 is 0 Å². The topological polar surface area (TPSA) is 39.0 Å². The van der Waals surface area contributed by atoms with Crippen LogP contribution in [-0.4, -0.2) is 16.2 Å². The first kappa shape index (κ1) is 13.1. The Morgan fingerprint density at radius 3 is 2.55 bits per heavy atom. The minimum Gasteiger partial charge on any atom is -0.309 e. The number of imidazole rings is 1. The second-order valence-corrected chi connectivity index (χ2v) is 5.87. The Morgan fingerprint density at radius 2 is 1.90 bits per heavy atom. The van der Waals surface area contributed by atoms with Crippen LogP contribution in [-0.2, 0) is 14.1 Å². The Morgan fingerprint density at radius 1 is 1.15 bits per heavy atom. The second-order valence-electron chi connectivity index (χ2n) is 4.89. The van der Waals surface area contributed by atoms with Gasteiger partial charge in [-0.25, -0.2) is 4.79 Å². The van der Waals surface area contributed by atoms with Gasteiger partial charge < -0.3 is 5.32 Å². The molecule has 0 spiro atoms.